The smallest absolute Gasteiger partial charge is 0.337 e. The molecular formula is C16H16O4. The Kier molecular flexibility index (Phi) is 4.38. The first-order valence-corrected chi connectivity index (χ1v) is 6.16. The molecule has 0 aliphatic heterocycles. The minimum absolute atomic E-state index is 0.393. The van der Waals surface area contributed by atoms with E-state index in [1.165, 1.54) is 7.11 Å². The lowest BCUT2D eigenvalue weighted by Gasteiger charge is -2.12. The number of hydrogen-bond donors (Lipinski definition) is 1. The van der Waals surface area contributed by atoms with E-state index < -0.39 is 12.1 Å². The molecule has 0 radical (unpaired) electrons. The van der Waals surface area contributed by atoms with E-state index in [0.29, 0.717) is 11.1 Å². The van der Waals surface area contributed by atoms with Crippen molar-refractivity contribution in [2.45, 2.75) is 6.10 Å². The molecule has 1 N–H and O–H groups in total. The van der Waals surface area contributed by atoms with Gasteiger partial charge in [-0.05, 0) is 35.4 Å². The number of aliphatic hydroxyl groups is 1. The molecule has 0 amide bonds. The number of carbonyl (C=O) groups excluding carboxylic acids is 1. The van der Waals surface area contributed by atoms with Gasteiger partial charge < -0.3 is 14.6 Å². The Morgan fingerprint density at radius 3 is 1.90 bits per heavy atom. The van der Waals surface area contributed by atoms with Crippen LogP contribution in [-0.2, 0) is 4.74 Å². The molecule has 0 saturated heterocycles. The van der Waals surface area contributed by atoms with Crippen LogP contribution in [0.25, 0.3) is 0 Å². The molecule has 0 aliphatic carbocycles. The summed E-state index contributed by atoms with van der Waals surface area (Å²) in [7, 11) is 2.93. The highest BCUT2D eigenvalue weighted by molar-refractivity contribution is 5.89. The summed E-state index contributed by atoms with van der Waals surface area (Å²) < 4.78 is 9.71. The van der Waals surface area contributed by atoms with Gasteiger partial charge in [0.15, 0.2) is 0 Å². The van der Waals surface area contributed by atoms with E-state index in [0.717, 1.165) is 11.3 Å². The lowest BCUT2D eigenvalue weighted by atomic mass is 10.0. The van der Waals surface area contributed by atoms with Gasteiger partial charge in [-0.25, -0.2) is 4.79 Å². The van der Waals surface area contributed by atoms with Gasteiger partial charge in [0.2, 0.25) is 0 Å². The summed E-state index contributed by atoms with van der Waals surface area (Å²) in [6.45, 7) is 0. The molecule has 0 saturated carbocycles. The quantitative estimate of drug-likeness (QED) is 0.869. The van der Waals surface area contributed by atoms with Crippen LogP contribution >= 0.6 is 0 Å². The SMILES string of the molecule is COC(=O)c1ccc(C(O)c2ccc(OC)cc2)cc1. The summed E-state index contributed by atoms with van der Waals surface area (Å²) in [4.78, 5) is 11.3. The normalized spacial score (nSPS) is 11.8. The summed E-state index contributed by atoms with van der Waals surface area (Å²) in [5, 5.41) is 10.3. The van der Waals surface area contributed by atoms with Gasteiger partial charge in [-0.3, -0.25) is 0 Å². The van der Waals surface area contributed by atoms with Crippen LogP contribution in [0.1, 0.15) is 27.6 Å². The third kappa shape index (κ3) is 2.97. The van der Waals surface area contributed by atoms with Gasteiger partial charge in [-0.15, -0.1) is 0 Å². The number of carbonyl (C=O) groups is 1. The summed E-state index contributed by atoms with van der Waals surface area (Å²) >= 11 is 0. The molecule has 0 aromatic heterocycles. The van der Waals surface area contributed by atoms with E-state index in [1.54, 1.807) is 55.6 Å². The molecule has 1 unspecified atom stereocenters. The maximum Gasteiger partial charge on any atom is 0.337 e. The van der Waals surface area contributed by atoms with Crippen LogP contribution < -0.4 is 4.74 Å². The zero-order valence-electron chi connectivity index (χ0n) is 11.4. The molecule has 104 valence electrons. The zero-order chi connectivity index (χ0) is 14.5. The van der Waals surface area contributed by atoms with Crippen molar-refractivity contribution in [1.82, 2.24) is 0 Å². The van der Waals surface area contributed by atoms with Gasteiger partial charge in [0.1, 0.15) is 11.9 Å². The van der Waals surface area contributed by atoms with Gasteiger partial charge in [-0.1, -0.05) is 24.3 Å². The Bertz CT molecular complexity index is 572. The molecule has 20 heavy (non-hydrogen) atoms. The van der Waals surface area contributed by atoms with Crippen molar-refractivity contribution in [2.75, 3.05) is 14.2 Å². The molecule has 0 bridgehead atoms. The minimum Gasteiger partial charge on any atom is -0.497 e. The second kappa shape index (κ2) is 6.21. The van der Waals surface area contributed by atoms with E-state index >= 15 is 0 Å². The Hall–Kier alpha value is -2.33. The molecule has 0 heterocycles. The lowest BCUT2D eigenvalue weighted by molar-refractivity contribution is 0.0600. The fourth-order valence-electron chi connectivity index (χ4n) is 1.90. The van der Waals surface area contributed by atoms with Crippen LogP contribution in [0.2, 0.25) is 0 Å². The first kappa shape index (κ1) is 14.1. The highest BCUT2D eigenvalue weighted by Gasteiger charge is 2.12. The zero-order valence-corrected chi connectivity index (χ0v) is 11.4. The average Bonchev–Trinajstić information content (AvgIpc) is 2.53. The van der Waals surface area contributed by atoms with Crippen LogP contribution in [0.3, 0.4) is 0 Å². The standard InChI is InChI=1S/C16H16O4/c1-19-14-9-7-12(8-10-14)15(17)11-3-5-13(6-4-11)16(18)20-2/h3-10,15,17H,1-2H3. The second-order valence-electron chi connectivity index (χ2n) is 4.29. The van der Waals surface area contributed by atoms with E-state index in [9.17, 15) is 9.90 Å². The van der Waals surface area contributed by atoms with Crippen molar-refractivity contribution in [1.29, 1.82) is 0 Å². The van der Waals surface area contributed by atoms with E-state index in [2.05, 4.69) is 4.74 Å². The van der Waals surface area contributed by atoms with Gasteiger partial charge in [-0.2, -0.15) is 0 Å². The van der Waals surface area contributed by atoms with Gasteiger partial charge >= 0.3 is 5.97 Å². The highest BCUT2D eigenvalue weighted by Crippen LogP contribution is 2.24. The summed E-state index contributed by atoms with van der Waals surface area (Å²) in [5.74, 6) is 0.345. The number of hydrogen-bond acceptors (Lipinski definition) is 4. The topological polar surface area (TPSA) is 55.8 Å². The first-order chi connectivity index (χ1) is 9.65. The molecule has 2 rings (SSSR count). The number of ether oxygens (including phenoxy) is 2. The molecular weight excluding hydrogens is 256 g/mol. The van der Waals surface area contributed by atoms with Gasteiger partial charge in [0.25, 0.3) is 0 Å². The van der Waals surface area contributed by atoms with Gasteiger partial charge in [0, 0.05) is 0 Å². The first-order valence-electron chi connectivity index (χ1n) is 6.16. The molecule has 4 heteroatoms. The third-order valence-corrected chi connectivity index (χ3v) is 3.08. The monoisotopic (exact) mass is 272 g/mol. The van der Waals surface area contributed by atoms with E-state index in [-0.39, 0.29) is 0 Å². The maximum atomic E-state index is 11.3. The second-order valence-corrected chi connectivity index (χ2v) is 4.29. The highest BCUT2D eigenvalue weighted by atomic mass is 16.5. The summed E-state index contributed by atoms with van der Waals surface area (Å²) in [6.07, 6.45) is -0.743. The van der Waals surface area contributed by atoms with Crippen molar-refractivity contribution in [3.05, 3.63) is 65.2 Å². The van der Waals surface area contributed by atoms with Crippen molar-refractivity contribution in [3.63, 3.8) is 0 Å². The molecule has 2 aromatic rings. The van der Waals surface area contributed by atoms with Crippen LogP contribution in [0.4, 0.5) is 0 Å². The number of rotatable bonds is 4. The molecule has 4 nitrogen and oxygen atoms in total. The Morgan fingerprint density at radius 2 is 1.45 bits per heavy atom. The van der Waals surface area contributed by atoms with Crippen LogP contribution in [0, 0.1) is 0 Å². The number of esters is 1. The fourth-order valence-corrected chi connectivity index (χ4v) is 1.90. The van der Waals surface area contributed by atoms with Crippen molar-refractivity contribution in [3.8, 4) is 5.75 Å². The van der Waals surface area contributed by atoms with Crippen LogP contribution in [0.15, 0.2) is 48.5 Å². The Labute approximate surface area is 117 Å². The molecule has 0 aliphatic rings. The lowest BCUT2D eigenvalue weighted by Crippen LogP contribution is -2.03. The van der Waals surface area contributed by atoms with Crippen LogP contribution in [-0.4, -0.2) is 25.3 Å². The Morgan fingerprint density at radius 1 is 0.950 bits per heavy atom. The van der Waals surface area contributed by atoms with E-state index in [4.69, 9.17) is 4.74 Å². The third-order valence-electron chi connectivity index (χ3n) is 3.08. The minimum atomic E-state index is -0.743. The van der Waals surface area contributed by atoms with Crippen molar-refractivity contribution >= 4 is 5.97 Å². The Balaban J connectivity index is 2.19. The predicted octanol–water partition coefficient (Wildman–Crippen LogP) is 2.56. The number of aliphatic hydroxyl groups excluding tert-OH is 1. The number of methoxy groups -OCH3 is 2. The summed E-state index contributed by atoms with van der Waals surface area (Å²) in [5.41, 5.74) is 1.93. The van der Waals surface area contributed by atoms with E-state index in [1.807, 2.05) is 0 Å². The van der Waals surface area contributed by atoms with Crippen molar-refractivity contribution in [2.24, 2.45) is 0 Å². The van der Waals surface area contributed by atoms with Gasteiger partial charge in [0.05, 0.1) is 19.8 Å². The molecule has 0 spiro atoms. The molecule has 2 aromatic carbocycles. The number of benzene rings is 2. The molecule has 1 atom stereocenters. The summed E-state index contributed by atoms with van der Waals surface area (Å²) in [6, 6.07) is 13.9. The molecule has 0 fully saturated rings. The fraction of sp³-hybridized carbons (Fsp3) is 0.188. The predicted molar refractivity (Wildman–Crippen MR) is 74.8 cm³/mol. The average molecular weight is 272 g/mol. The largest absolute Gasteiger partial charge is 0.497 e. The maximum absolute atomic E-state index is 11.3. The van der Waals surface area contributed by atoms with Crippen molar-refractivity contribution < 1.29 is 19.4 Å². The van der Waals surface area contributed by atoms with Crippen LogP contribution in [0.5, 0.6) is 5.75 Å².